The van der Waals surface area contributed by atoms with Crippen LogP contribution in [-0.4, -0.2) is 52.5 Å². The summed E-state index contributed by atoms with van der Waals surface area (Å²) >= 11 is 0. The van der Waals surface area contributed by atoms with Gasteiger partial charge >= 0.3 is 6.30 Å². The number of ketones is 1. The molecule has 0 aliphatic carbocycles. The first-order valence-electron chi connectivity index (χ1n) is 8.03. The summed E-state index contributed by atoms with van der Waals surface area (Å²) in [6, 6.07) is 7.20. The Balaban J connectivity index is 1.62. The van der Waals surface area contributed by atoms with E-state index in [1.54, 1.807) is 12.1 Å². The molecule has 1 fully saturated rings. The molecule has 9 heteroatoms. The molecule has 0 saturated carbocycles. The Morgan fingerprint density at radius 1 is 1.00 bits per heavy atom. The van der Waals surface area contributed by atoms with Crippen LogP contribution in [0.3, 0.4) is 0 Å². The Kier molecular flexibility index (Phi) is 4.71. The van der Waals surface area contributed by atoms with E-state index in [0.29, 0.717) is 37.9 Å². The molecule has 1 aliphatic rings. The van der Waals surface area contributed by atoms with Crippen LogP contribution in [0.4, 0.5) is 18.9 Å². The Labute approximate surface area is 147 Å². The van der Waals surface area contributed by atoms with Crippen LogP contribution in [0.1, 0.15) is 27.6 Å². The minimum Gasteiger partial charge on any atom is -0.368 e. The Bertz CT molecular complexity index is 806. The van der Waals surface area contributed by atoms with Crippen molar-refractivity contribution in [3.8, 4) is 0 Å². The van der Waals surface area contributed by atoms with E-state index >= 15 is 0 Å². The number of halogens is 3. The lowest BCUT2D eigenvalue weighted by atomic mass is 10.1. The Morgan fingerprint density at radius 2 is 1.62 bits per heavy atom. The molecule has 1 amide bonds. The molecule has 0 N–H and O–H groups in total. The zero-order valence-corrected chi connectivity index (χ0v) is 14.0. The summed E-state index contributed by atoms with van der Waals surface area (Å²) in [7, 11) is 0. The van der Waals surface area contributed by atoms with Crippen LogP contribution in [0, 0.1) is 0 Å². The van der Waals surface area contributed by atoms with Crippen LogP contribution in [0.2, 0.25) is 0 Å². The highest BCUT2D eigenvalue weighted by atomic mass is 19.4. The maximum atomic E-state index is 12.6. The van der Waals surface area contributed by atoms with Gasteiger partial charge in [-0.1, -0.05) is 0 Å². The normalized spacial score (nSPS) is 15.2. The third-order valence-corrected chi connectivity index (χ3v) is 4.30. The first-order chi connectivity index (χ1) is 12.3. The van der Waals surface area contributed by atoms with E-state index in [-0.39, 0.29) is 16.0 Å². The molecule has 2 aromatic rings. The lowest BCUT2D eigenvalue weighted by Gasteiger charge is -2.36. The summed E-state index contributed by atoms with van der Waals surface area (Å²) in [5, 5.41) is 3.19. The van der Waals surface area contributed by atoms with Gasteiger partial charge in [0.15, 0.2) is 5.78 Å². The third kappa shape index (κ3) is 3.71. The van der Waals surface area contributed by atoms with Gasteiger partial charge in [-0.05, 0) is 31.2 Å². The van der Waals surface area contributed by atoms with Gasteiger partial charge < -0.3 is 9.80 Å². The maximum Gasteiger partial charge on any atom is 0.504 e. The van der Waals surface area contributed by atoms with Crippen molar-refractivity contribution in [3.63, 3.8) is 0 Å². The first-order valence-corrected chi connectivity index (χ1v) is 8.03. The van der Waals surface area contributed by atoms with Gasteiger partial charge in [-0.2, -0.15) is 9.78 Å². The molecule has 1 saturated heterocycles. The van der Waals surface area contributed by atoms with Gasteiger partial charge in [0, 0.05) is 43.6 Å². The molecule has 26 heavy (non-hydrogen) atoms. The van der Waals surface area contributed by atoms with Crippen LogP contribution >= 0.6 is 0 Å². The highest BCUT2D eigenvalue weighted by Gasteiger charge is 2.33. The second-order valence-corrected chi connectivity index (χ2v) is 6.02. The van der Waals surface area contributed by atoms with E-state index in [4.69, 9.17) is 0 Å². The molecule has 0 bridgehead atoms. The standard InChI is InChI=1S/C17H17F3N4O2/c1-12(25)13-2-4-15(5-3-13)22-6-8-23(9-7-22)16(26)14-10-21-24(11-14)17(18,19)20/h2-5,10-11H,6-9H2,1H3. The van der Waals surface area contributed by atoms with Crippen molar-refractivity contribution in [3.05, 3.63) is 47.8 Å². The van der Waals surface area contributed by atoms with Crippen molar-refractivity contribution < 1.29 is 22.8 Å². The zero-order chi connectivity index (χ0) is 18.9. The molecule has 2 heterocycles. The number of piperazine rings is 1. The summed E-state index contributed by atoms with van der Waals surface area (Å²) in [6.07, 6.45) is -3.00. The lowest BCUT2D eigenvalue weighted by molar-refractivity contribution is -0.212. The molecule has 6 nitrogen and oxygen atoms in total. The van der Waals surface area contributed by atoms with Crippen LogP contribution in [0.15, 0.2) is 36.7 Å². The largest absolute Gasteiger partial charge is 0.504 e. The lowest BCUT2D eigenvalue weighted by Crippen LogP contribution is -2.48. The fraction of sp³-hybridized carbons (Fsp3) is 0.353. The fourth-order valence-corrected chi connectivity index (χ4v) is 2.83. The molecule has 138 valence electrons. The molecule has 1 aliphatic heterocycles. The summed E-state index contributed by atoms with van der Waals surface area (Å²) in [6.45, 7) is 3.40. The predicted octanol–water partition coefficient (Wildman–Crippen LogP) is 2.52. The van der Waals surface area contributed by atoms with Crippen LogP contribution < -0.4 is 4.90 Å². The number of carbonyl (C=O) groups is 2. The van der Waals surface area contributed by atoms with Crippen LogP contribution in [-0.2, 0) is 6.30 Å². The number of benzene rings is 1. The van der Waals surface area contributed by atoms with Crippen LogP contribution in [0.5, 0.6) is 0 Å². The SMILES string of the molecule is CC(=O)c1ccc(N2CCN(C(=O)c3cnn(C(F)(F)F)c3)CC2)cc1. The minimum absolute atomic E-state index is 0.00799. The van der Waals surface area contributed by atoms with E-state index in [0.717, 1.165) is 11.9 Å². The molecule has 1 aromatic heterocycles. The number of nitrogens with zero attached hydrogens (tertiary/aromatic N) is 4. The molecule has 0 radical (unpaired) electrons. The van der Waals surface area contributed by atoms with Crippen LogP contribution in [0.25, 0.3) is 0 Å². The highest BCUT2D eigenvalue weighted by molar-refractivity contribution is 5.94. The number of aromatic nitrogens is 2. The fourth-order valence-electron chi connectivity index (χ4n) is 2.83. The van der Waals surface area contributed by atoms with Gasteiger partial charge in [0.25, 0.3) is 5.91 Å². The number of hydrogen-bond donors (Lipinski definition) is 0. The topological polar surface area (TPSA) is 58.4 Å². The number of anilines is 1. The molecule has 1 aromatic carbocycles. The number of alkyl halides is 3. The predicted molar refractivity (Wildman–Crippen MR) is 88.1 cm³/mol. The third-order valence-electron chi connectivity index (χ3n) is 4.30. The number of carbonyl (C=O) groups excluding carboxylic acids is 2. The van der Waals surface area contributed by atoms with E-state index in [1.807, 2.05) is 12.1 Å². The van der Waals surface area contributed by atoms with Gasteiger partial charge in [0.1, 0.15) is 0 Å². The maximum absolute atomic E-state index is 12.6. The van der Waals surface area contributed by atoms with Crippen molar-refractivity contribution in [1.82, 2.24) is 14.7 Å². The molecular weight excluding hydrogens is 349 g/mol. The Morgan fingerprint density at radius 3 is 2.12 bits per heavy atom. The van der Waals surface area contributed by atoms with Crippen molar-refractivity contribution in [2.75, 3.05) is 31.1 Å². The molecule has 0 unspecified atom stereocenters. The quantitative estimate of drug-likeness (QED) is 0.784. The summed E-state index contributed by atoms with van der Waals surface area (Å²) in [4.78, 5) is 27.2. The van der Waals surface area contributed by atoms with Gasteiger partial charge in [0.2, 0.25) is 0 Å². The second kappa shape index (κ2) is 6.81. The van der Waals surface area contributed by atoms with Gasteiger partial charge in [-0.3, -0.25) is 9.59 Å². The number of rotatable bonds is 3. The average Bonchev–Trinajstić information content (AvgIpc) is 3.12. The van der Waals surface area contributed by atoms with Gasteiger partial charge in [-0.25, -0.2) is 0 Å². The smallest absolute Gasteiger partial charge is 0.368 e. The number of amides is 1. The van der Waals surface area contributed by atoms with Crippen molar-refractivity contribution in [2.24, 2.45) is 0 Å². The number of hydrogen-bond acceptors (Lipinski definition) is 4. The summed E-state index contributed by atoms with van der Waals surface area (Å²) in [5.74, 6) is -0.474. The monoisotopic (exact) mass is 366 g/mol. The van der Waals surface area contributed by atoms with E-state index in [9.17, 15) is 22.8 Å². The highest BCUT2D eigenvalue weighted by Crippen LogP contribution is 2.22. The van der Waals surface area contributed by atoms with Crippen molar-refractivity contribution >= 4 is 17.4 Å². The average molecular weight is 366 g/mol. The number of Topliss-reactive ketones (excluding diaryl/α,β-unsaturated/α-hetero) is 1. The van der Waals surface area contributed by atoms with Crippen molar-refractivity contribution in [1.29, 1.82) is 0 Å². The molecule has 0 atom stereocenters. The van der Waals surface area contributed by atoms with E-state index in [2.05, 4.69) is 10.00 Å². The van der Waals surface area contributed by atoms with E-state index < -0.39 is 12.2 Å². The Hall–Kier alpha value is -2.84. The minimum atomic E-state index is -4.64. The van der Waals surface area contributed by atoms with Crippen molar-refractivity contribution in [2.45, 2.75) is 13.2 Å². The molecule has 3 rings (SSSR count). The molecule has 0 spiro atoms. The summed E-state index contributed by atoms with van der Waals surface area (Å²) in [5.41, 5.74) is 1.48. The summed E-state index contributed by atoms with van der Waals surface area (Å²) < 4.78 is 37.5. The van der Waals surface area contributed by atoms with E-state index in [1.165, 1.54) is 11.8 Å². The second-order valence-electron chi connectivity index (χ2n) is 6.02. The molecular formula is C17H17F3N4O2. The van der Waals surface area contributed by atoms with Gasteiger partial charge in [-0.15, -0.1) is 13.2 Å². The van der Waals surface area contributed by atoms with Gasteiger partial charge in [0.05, 0.1) is 11.8 Å². The zero-order valence-electron chi connectivity index (χ0n) is 14.0. The first kappa shape index (κ1) is 18.0.